The van der Waals surface area contributed by atoms with Crippen LogP contribution in [0.4, 0.5) is 5.69 Å². The molecule has 0 aliphatic carbocycles. The fourth-order valence-corrected chi connectivity index (χ4v) is 2.80. The van der Waals surface area contributed by atoms with Gasteiger partial charge in [-0.25, -0.2) is 0 Å². The number of thiocarbonyl (C=S) groups is 1. The first-order chi connectivity index (χ1) is 13.4. The van der Waals surface area contributed by atoms with Crippen LogP contribution < -0.4 is 10.6 Å². The molecular weight excluding hydrogens is 378 g/mol. The Balaban J connectivity index is 2.63. The van der Waals surface area contributed by atoms with Gasteiger partial charge in [-0.2, -0.15) is 0 Å². The number of esters is 1. The molecular formula is C20H29N3O4S. The number of ether oxygens (including phenoxy) is 1. The number of hydrogen-bond donors (Lipinski definition) is 2. The minimum atomic E-state index is -0.425. The summed E-state index contributed by atoms with van der Waals surface area (Å²) in [5.41, 5.74) is 1.16. The first-order valence-corrected chi connectivity index (χ1v) is 9.97. The van der Waals surface area contributed by atoms with Crippen molar-refractivity contribution in [2.75, 3.05) is 25.0 Å². The second-order valence-electron chi connectivity index (χ2n) is 6.18. The lowest BCUT2D eigenvalue weighted by atomic mass is 10.1. The lowest BCUT2D eigenvalue weighted by molar-refractivity contribution is -0.144. The molecule has 1 rings (SSSR count). The molecule has 28 heavy (non-hydrogen) atoms. The highest BCUT2D eigenvalue weighted by molar-refractivity contribution is 7.80. The van der Waals surface area contributed by atoms with Crippen LogP contribution in [0.25, 0.3) is 0 Å². The van der Waals surface area contributed by atoms with E-state index in [9.17, 15) is 14.4 Å². The van der Waals surface area contributed by atoms with Crippen molar-refractivity contribution >= 4 is 40.8 Å². The molecule has 0 radical (unpaired) electrons. The Morgan fingerprint density at radius 3 is 2.36 bits per heavy atom. The third-order valence-electron chi connectivity index (χ3n) is 3.76. The zero-order chi connectivity index (χ0) is 20.9. The van der Waals surface area contributed by atoms with Crippen molar-refractivity contribution in [2.24, 2.45) is 0 Å². The van der Waals surface area contributed by atoms with Gasteiger partial charge < -0.3 is 20.3 Å². The lowest BCUT2D eigenvalue weighted by Crippen LogP contribution is -2.34. The van der Waals surface area contributed by atoms with Crippen molar-refractivity contribution in [3.8, 4) is 0 Å². The van der Waals surface area contributed by atoms with Crippen LogP contribution in [0.3, 0.4) is 0 Å². The fraction of sp³-hybridized carbons (Fsp3) is 0.500. The van der Waals surface area contributed by atoms with Crippen LogP contribution in [0.15, 0.2) is 24.3 Å². The number of nitrogens with one attached hydrogen (secondary N) is 2. The second-order valence-corrected chi connectivity index (χ2v) is 6.59. The van der Waals surface area contributed by atoms with Crippen LogP contribution in [0.1, 0.15) is 56.8 Å². The summed E-state index contributed by atoms with van der Waals surface area (Å²) in [6, 6.07) is 6.99. The van der Waals surface area contributed by atoms with Crippen molar-refractivity contribution in [3.05, 3.63) is 29.8 Å². The molecule has 0 aliphatic rings. The number of carbonyl (C=O) groups is 3. The van der Waals surface area contributed by atoms with Crippen molar-refractivity contribution in [3.63, 3.8) is 0 Å². The lowest BCUT2D eigenvalue weighted by Gasteiger charge is -2.21. The third-order valence-corrected chi connectivity index (χ3v) is 3.96. The molecule has 0 saturated heterocycles. The first-order valence-electron chi connectivity index (χ1n) is 9.57. The highest BCUT2D eigenvalue weighted by atomic mass is 32.1. The molecule has 0 aliphatic heterocycles. The van der Waals surface area contributed by atoms with Crippen LogP contribution in [0.5, 0.6) is 0 Å². The number of anilines is 1. The minimum absolute atomic E-state index is 0.00301. The Labute approximate surface area is 171 Å². The van der Waals surface area contributed by atoms with Gasteiger partial charge in [-0.15, -0.1) is 0 Å². The highest BCUT2D eigenvalue weighted by Crippen LogP contribution is 2.13. The molecule has 1 aromatic carbocycles. The number of rotatable bonds is 10. The molecule has 0 heterocycles. The minimum Gasteiger partial charge on any atom is -0.466 e. The standard InChI is InChI=1S/C20H29N3O4S/c1-4-12-23(13-5-2)19(26)15-8-7-9-16(14-15)21-20(28)22-17(24)10-11-18(25)27-6-3/h7-9,14H,4-6,10-13H2,1-3H3,(H2,21,22,24,28). The summed E-state index contributed by atoms with van der Waals surface area (Å²) >= 11 is 5.13. The predicted molar refractivity (Wildman–Crippen MR) is 113 cm³/mol. The maximum Gasteiger partial charge on any atom is 0.306 e. The summed E-state index contributed by atoms with van der Waals surface area (Å²) in [6.45, 7) is 7.48. The van der Waals surface area contributed by atoms with E-state index in [0.717, 1.165) is 12.8 Å². The molecule has 7 nitrogen and oxygen atoms in total. The van der Waals surface area contributed by atoms with E-state index in [1.54, 1.807) is 31.2 Å². The number of hydrogen-bond acceptors (Lipinski definition) is 5. The van der Waals surface area contributed by atoms with E-state index in [1.165, 1.54) is 0 Å². The number of amides is 2. The molecule has 0 unspecified atom stereocenters. The summed E-state index contributed by atoms with van der Waals surface area (Å²) in [6.07, 6.45) is 1.77. The SMILES string of the molecule is CCCN(CCC)C(=O)c1cccc(NC(=S)NC(=O)CCC(=O)OCC)c1. The zero-order valence-corrected chi connectivity index (χ0v) is 17.6. The topological polar surface area (TPSA) is 87.7 Å². The second kappa shape index (κ2) is 12.8. The summed E-state index contributed by atoms with van der Waals surface area (Å²) in [4.78, 5) is 37.7. The normalized spacial score (nSPS) is 10.1. The Morgan fingerprint density at radius 1 is 1.07 bits per heavy atom. The Bertz CT molecular complexity index is 688. The molecule has 2 amide bonds. The molecule has 2 N–H and O–H groups in total. The molecule has 0 aromatic heterocycles. The summed E-state index contributed by atoms with van der Waals surface area (Å²) in [7, 11) is 0. The fourth-order valence-electron chi connectivity index (χ4n) is 2.57. The molecule has 0 spiro atoms. The summed E-state index contributed by atoms with van der Waals surface area (Å²) in [5.74, 6) is -0.835. The zero-order valence-electron chi connectivity index (χ0n) is 16.7. The van der Waals surface area contributed by atoms with Crippen molar-refractivity contribution in [2.45, 2.75) is 46.5 Å². The van der Waals surface area contributed by atoms with Crippen LogP contribution in [-0.2, 0) is 14.3 Å². The van der Waals surface area contributed by atoms with E-state index in [2.05, 4.69) is 10.6 Å². The Hall–Kier alpha value is -2.48. The van der Waals surface area contributed by atoms with Crippen LogP contribution in [0, 0.1) is 0 Å². The van der Waals surface area contributed by atoms with E-state index in [-0.39, 0.29) is 36.4 Å². The van der Waals surface area contributed by atoms with Crippen LogP contribution >= 0.6 is 12.2 Å². The van der Waals surface area contributed by atoms with Gasteiger partial charge in [0.1, 0.15) is 0 Å². The number of nitrogens with zero attached hydrogens (tertiary/aromatic N) is 1. The van der Waals surface area contributed by atoms with Gasteiger partial charge in [-0.3, -0.25) is 14.4 Å². The maximum atomic E-state index is 12.7. The Morgan fingerprint density at radius 2 is 1.75 bits per heavy atom. The average Bonchev–Trinajstić information content (AvgIpc) is 2.66. The van der Waals surface area contributed by atoms with Crippen molar-refractivity contribution in [1.82, 2.24) is 10.2 Å². The predicted octanol–water partition coefficient (Wildman–Crippen LogP) is 3.11. The van der Waals surface area contributed by atoms with Gasteiger partial charge in [0.2, 0.25) is 5.91 Å². The average molecular weight is 408 g/mol. The van der Waals surface area contributed by atoms with Crippen LogP contribution in [-0.4, -0.2) is 47.5 Å². The summed E-state index contributed by atoms with van der Waals surface area (Å²) in [5, 5.41) is 5.52. The van der Waals surface area contributed by atoms with Crippen LogP contribution in [0.2, 0.25) is 0 Å². The smallest absolute Gasteiger partial charge is 0.306 e. The van der Waals surface area contributed by atoms with Gasteiger partial charge in [0.15, 0.2) is 5.11 Å². The molecule has 154 valence electrons. The maximum absolute atomic E-state index is 12.7. The van der Waals surface area contributed by atoms with Gasteiger partial charge in [0.25, 0.3) is 5.91 Å². The van der Waals surface area contributed by atoms with E-state index >= 15 is 0 Å². The van der Waals surface area contributed by atoms with E-state index in [1.807, 2.05) is 18.7 Å². The van der Waals surface area contributed by atoms with Gasteiger partial charge in [-0.05, 0) is 50.2 Å². The Kier molecular flexibility index (Phi) is 10.8. The van der Waals surface area contributed by atoms with Gasteiger partial charge in [0, 0.05) is 30.8 Å². The molecule has 0 bridgehead atoms. The number of benzene rings is 1. The van der Waals surface area contributed by atoms with Crippen molar-refractivity contribution < 1.29 is 19.1 Å². The van der Waals surface area contributed by atoms with Gasteiger partial charge in [0.05, 0.1) is 13.0 Å². The molecule has 0 atom stereocenters. The highest BCUT2D eigenvalue weighted by Gasteiger charge is 2.15. The molecule has 1 aromatic rings. The third kappa shape index (κ3) is 8.47. The first kappa shape index (κ1) is 23.6. The monoisotopic (exact) mass is 407 g/mol. The van der Waals surface area contributed by atoms with Gasteiger partial charge >= 0.3 is 5.97 Å². The van der Waals surface area contributed by atoms with E-state index in [0.29, 0.717) is 24.3 Å². The quantitative estimate of drug-likeness (QED) is 0.458. The largest absolute Gasteiger partial charge is 0.466 e. The van der Waals surface area contributed by atoms with Crippen molar-refractivity contribution in [1.29, 1.82) is 0 Å². The van der Waals surface area contributed by atoms with Gasteiger partial charge in [-0.1, -0.05) is 19.9 Å². The number of carbonyl (C=O) groups excluding carboxylic acids is 3. The molecule has 8 heteroatoms. The summed E-state index contributed by atoms with van der Waals surface area (Å²) < 4.78 is 4.78. The van der Waals surface area contributed by atoms with E-state index in [4.69, 9.17) is 17.0 Å². The molecule has 0 fully saturated rings. The molecule has 0 saturated carbocycles. The van der Waals surface area contributed by atoms with E-state index < -0.39 is 5.97 Å².